The number of aryl methyl sites for hydroxylation is 1. The summed E-state index contributed by atoms with van der Waals surface area (Å²) in [6.45, 7) is 2.07. The standard InChI is InChI=1S/C10H10FN3/c1-8-4-2-6-10(11)9(8)5-3-7-13-14-12/h2-6H,7H2,1H3. The Bertz CT molecular complexity index is 372. The maximum Gasteiger partial charge on any atom is 0.130 e. The molecule has 0 aromatic heterocycles. The second-order valence-corrected chi connectivity index (χ2v) is 2.79. The Kier molecular flexibility index (Phi) is 3.70. The smallest absolute Gasteiger partial charge is 0.130 e. The van der Waals surface area contributed by atoms with Gasteiger partial charge in [0.05, 0.1) is 0 Å². The summed E-state index contributed by atoms with van der Waals surface area (Å²) < 4.78 is 13.2. The number of halogens is 1. The van der Waals surface area contributed by atoms with E-state index in [9.17, 15) is 4.39 Å². The maximum absolute atomic E-state index is 13.2. The van der Waals surface area contributed by atoms with Gasteiger partial charge in [-0.1, -0.05) is 29.4 Å². The molecule has 0 saturated carbocycles. The van der Waals surface area contributed by atoms with Gasteiger partial charge in [0.2, 0.25) is 0 Å². The molecule has 0 aliphatic heterocycles. The first-order chi connectivity index (χ1) is 6.75. The topological polar surface area (TPSA) is 48.8 Å². The number of benzene rings is 1. The van der Waals surface area contributed by atoms with Gasteiger partial charge < -0.3 is 0 Å². The van der Waals surface area contributed by atoms with Crippen LogP contribution in [0.5, 0.6) is 0 Å². The summed E-state index contributed by atoms with van der Waals surface area (Å²) in [5.41, 5.74) is 9.43. The van der Waals surface area contributed by atoms with Gasteiger partial charge in [0.25, 0.3) is 0 Å². The van der Waals surface area contributed by atoms with E-state index in [1.165, 1.54) is 6.07 Å². The van der Waals surface area contributed by atoms with Crippen LogP contribution in [-0.2, 0) is 0 Å². The number of hydrogen-bond acceptors (Lipinski definition) is 1. The number of azide groups is 1. The Morgan fingerprint density at radius 3 is 3.00 bits per heavy atom. The van der Waals surface area contributed by atoms with Crippen LogP contribution < -0.4 is 0 Å². The van der Waals surface area contributed by atoms with Crippen LogP contribution in [0.2, 0.25) is 0 Å². The van der Waals surface area contributed by atoms with Crippen molar-refractivity contribution in [2.75, 3.05) is 6.54 Å². The van der Waals surface area contributed by atoms with E-state index >= 15 is 0 Å². The molecule has 3 nitrogen and oxygen atoms in total. The van der Waals surface area contributed by atoms with Gasteiger partial charge >= 0.3 is 0 Å². The summed E-state index contributed by atoms with van der Waals surface area (Å²) in [4.78, 5) is 2.59. The fourth-order valence-corrected chi connectivity index (χ4v) is 1.11. The van der Waals surface area contributed by atoms with Crippen molar-refractivity contribution >= 4 is 6.08 Å². The average molecular weight is 191 g/mol. The first-order valence-electron chi connectivity index (χ1n) is 4.18. The van der Waals surface area contributed by atoms with E-state index in [0.29, 0.717) is 5.56 Å². The highest BCUT2D eigenvalue weighted by Crippen LogP contribution is 2.13. The summed E-state index contributed by atoms with van der Waals surface area (Å²) in [7, 11) is 0. The number of rotatable bonds is 3. The minimum atomic E-state index is -0.262. The van der Waals surface area contributed by atoms with E-state index in [1.54, 1.807) is 18.2 Å². The monoisotopic (exact) mass is 191 g/mol. The fraction of sp³-hybridized carbons (Fsp3) is 0.200. The number of hydrogen-bond donors (Lipinski definition) is 0. The van der Waals surface area contributed by atoms with Crippen LogP contribution >= 0.6 is 0 Å². The van der Waals surface area contributed by atoms with Crippen molar-refractivity contribution in [3.63, 3.8) is 0 Å². The molecule has 1 rings (SSSR count). The fourth-order valence-electron chi connectivity index (χ4n) is 1.11. The summed E-state index contributed by atoms with van der Waals surface area (Å²) in [6, 6.07) is 4.89. The Morgan fingerprint density at radius 2 is 2.36 bits per heavy atom. The molecule has 0 amide bonds. The van der Waals surface area contributed by atoms with Crippen molar-refractivity contribution in [2.24, 2.45) is 5.11 Å². The van der Waals surface area contributed by atoms with E-state index in [-0.39, 0.29) is 12.4 Å². The van der Waals surface area contributed by atoms with Gasteiger partial charge in [0, 0.05) is 17.0 Å². The van der Waals surface area contributed by atoms with Crippen molar-refractivity contribution in [3.8, 4) is 0 Å². The molecule has 0 fully saturated rings. The highest BCUT2D eigenvalue weighted by atomic mass is 19.1. The molecule has 4 heteroatoms. The third-order valence-electron chi connectivity index (χ3n) is 1.81. The molecule has 0 atom stereocenters. The van der Waals surface area contributed by atoms with Crippen molar-refractivity contribution in [1.29, 1.82) is 0 Å². The van der Waals surface area contributed by atoms with Crippen molar-refractivity contribution in [2.45, 2.75) is 6.92 Å². The Hall–Kier alpha value is -1.80. The van der Waals surface area contributed by atoms with Crippen molar-refractivity contribution < 1.29 is 4.39 Å². The van der Waals surface area contributed by atoms with Gasteiger partial charge in [-0.2, -0.15) is 0 Å². The summed E-state index contributed by atoms with van der Waals surface area (Å²) >= 11 is 0. The second-order valence-electron chi connectivity index (χ2n) is 2.79. The molecule has 1 aromatic rings. The molecular formula is C10H10FN3. The Morgan fingerprint density at radius 1 is 1.57 bits per heavy atom. The molecule has 0 heterocycles. The zero-order valence-electron chi connectivity index (χ0n) is 7.81. The highest BCUT2D eigenvalue weighted by Gasteiger charge is 1.99. The van der Waals surface area contributed by atoms with Gasteiger partial charge in [0.1, 0.15) is 5.82 Å². The van der Waals surface area contributed by atoms with Crippen LogP contribution in [0.15, 0.2) is 29.4 Å². The molecule has 0 saturated heterocycles. The van der Waals surface area contributed by atoms with Crippen LogP contribution in [-0.4, -0.2) is 6.54 Å². The second kappa shape index (κ2) is 5.04. The molecule has 0 unspecified atom stereocenters. The molecule has 0 radical (unpaired) electrons. The largest absolute Gasteiger partial charge is 0.206 e. The predicted octanol–water partition coefficient (Wildman–Crippen LogP) is 3.46. The molecule has 72 valence electrons. The zero-order valence-corrected chi connectivity index (χ0v) is 7.81. The molecule has 0 N–H and O–H groups in total. The third kappa shape index (κ3) is 2.61. The Labute approximate surface area is 81.5 Å². The average Bonchev–Trinajstić information content (AvgIpc) is 2.16. The van der Waals surface area contributed by atoms with E-state index in [2.05, 4.69) is 10.0 Å². The lowest BCUT2D eigenvalue weighted by Gasteiger charge is -2.00. The van der Waals surface area contributed by atoms with Crippen LogP contribution in [0, 0.1) is 12.7 Å². The van der Waals surface area contributed by atoms with E-state index in [0.717, 1.165) is 5.56 Å². The van der Waals surface area contributed by atoms with Crippen LogP contribution in [0.25, 0.3) is 16.5 Å². The van der Waals surface area contributed by atoms with E-state index in [1.807, 2.05) is 13.0 Å². The SMILES string of the molecule is Cc1cccc(F)c1C=CCN=[N+]=[N-]. The summed E-state index contributed by atoms with van der Waals surface area (Å²) in [6.07, 6.45) is 3.25. The molecule has 1 aromatic carbocycles. The molecule has 0 bridgehead atoms. The first-order valence-corrected chi connectivity index (χ1v) is 4.18. The predicted molar refractivity (Wildman–Crippen MR) is 54.2 cm³/mol. The molecular weight excluding hydrogens is 181 g/mol. The van der Waals surface area contributed by atoms with Crippen molar-refractivity contribution in [3.05, 3.63) is 51.7 Å². The van der Waals surface area contributed by atoms with E-state index < -0.39 is 0 Å². The molecule has 0 spiro atoms. The quantitative estimate of drug-likeness (QED) is 0.399. The summed E-state index contributed by atoms with van der Waals surface area (Å²) in [5, 5.41) is 3.32. The lowest BCUT2D eigenvalue weighted by molar-refractivity contribution is 0.623. The zero-order chi connectivity index (χ0) is 10.4. The highest BCUT2D eigenvalue weighted by molar-refractivity contribution is 5.54. The van der Waals surface area contributed by atoms with Gasteiger partial charge in [-0.3, -0.25) is 0 Å². The molecule has 14 heavy (non-hydrogen) atoms. The minimum Gasteiger partial charge on any atom is -0.206 e. The first kappa shape index (κ1) is 10.3. The maximum atomic E-state index is 13.2. The van der Waals surface area contributed by atoms with Crippen molar-refractivity contribution in [1.82, 2.24) is 0 Å². The normalized spacial score (nSPS) is 10.1. The van der Waals surface area contributed by atoms with Gasteiger partial charge in [-0.05, 0) is 24.1 Å². The number of nitrogens with zero attached hydrogens (tertiary/aromatic N) is 3. The van der Waals surface area contributed by atoms with Gasteiger partial charge in [-0.15, -0.1) is 0 Å². The minimum absolute atomic E-state index is 0.240. The van der Waals surface area contributed by atoms with Gasteiger partial charge in [-0.25, -0.2) is 4.39 Å². The van der Waals surface area contributed by atoms with Gasteiger partial charge in [0.15, 0.2) is 0 Å². The lowest BCUT2D eigenvalue weighted by Crippen LogP contribution is -1.86. The summed E-state index contributed by atoms with van der Waals surface area (Å²) in [5.74, 6) is -0.262. The van der Waals surface area contributed by atoms with Crippen LogP contribution in [0.3, 0.4) is 0 Å². The Balaban J connectivity index is 2.85. The lowest BCUT2D eigenvalue weighted by atomic mass is 10.1. The van der Waals surface area contributed by atoms with Crippen LogP contribution in [0.1, 0.15) is 11.1 Å². The van der Waals surface area contributed by atoms with E-state index in [4.69, 9.17) is 5.53 Å². The van der Waals surface area contributed by atoms with Crippen LogP contribution in [0.4, 0.5) is 4.39 Å². The molecule has 0 aliphatic carbocycles. The molecule has 0 aliphatic rings. The third-order valence-corrected chi connectivity index (χ3v) is 1.81.